The van der Waals surface area contributed by atoms with E-state index >= 15 is 0 Å². The summed E-state index contributed by atoms with van der Waals surface area (Å²) in [6.45, 7) is -0.373. The van der Waals surface area contributed by atoms with Gasteiger partial charge in [0.05, 0.1) is 44.4 Å². The first-order chi connectivity index (χ1) is 19.7. The Labute approximate surface area is 249 Å². The molecular weight excluding hydrogens is 591 g/mol. The number of hydrogen-bond acceptors (Lipinski definition) is 6. The molecule has 0 bridgehead atoms. The topological polar surface area (TPSA) is 145 Å². The van der Waals surface area contributed by atoms with E-state index in [0.717, 1.165) is 24.0 Å². The van der Waals surface area contributed by atoms with E-state index in [9.17, 15) is 19.5 Å². The van der Waals surface area contributed by atoms with Crippen LogP contribution < -0.4 is 21.3 Å². The number of hydrogen-bond donors (Lipinski definition) is 5. The lowest BCUT2D eigenvalue weighted by Gasteiger charge is -2.19. The van der Waals surface area contributed by atoms with Crippen molar-refractivity contribution in [3.8, 4) is 0 Å². The maximum atomic E-state index is 13.1. The summed E-state index contributed by atoms with van der Waals surface area (Å²) in [5.41, 5.74) is 2.90. The summed E-state index contributed by atoms with van der Waals surface area (Å²) < 4.78 is 0. The van der Waals surface area contributed by atoms with E-state index in [4.69, 9.17) is 34.8 Å². The zero-order valence-electron chi connectivity index (χ0n) is 21.2. The molecule has 10 nitrogen and oxygen atoms in total. The van der Waals surface area contributed by atoms with Crippen molar-refractivity contribution < 1.29 is 19.5 Å². The SMILES string of the molecule is O=C(NC[C@H](NC(=O)c1c(Cl)ccc(Nc2ncc3c(Cl)cccc3n2)c1Cl)C(=O)O)N[C@@H]1CCc2ccccc21. The minimum absolute atomic E-state index is 0.000925. The predicted octanol–water partition coefficient (Wildman–Crippen LogP) is 5.50. The number of carbonyl (C=O) groups excluding carboxylic acids is 2. The molecule has 1 heterocycles. The van der Waals surface area contributed by atoms with Gasteiger partial charge in [0.2, 0.25) is 5.95 Å². The van der Waals surface area contributed by atoms with Crippen LogP contribution in [-0.4, -0.2) is 45.6 Å². The molecule has 13 heteroatoms. The molecule has 4 aromatic rings. The minimum Gasteiger partial charge on any atom is -0.480 e. The van der Waals surface area contributed by atoms with Gasteiger partial charge in [-0.05, 0) is 48.2 Å². The molecular formula is C28H23Cl3N6O4. The zero-order chi connectivity index (χ0) is 29.1. The fourth-order valence-corrected chi connectivity index (χ4v) is 5.41. The van der Waals surface area contributed by atoms with Crippen molar-refractivity contribution in [1.29, 1.82) is 0 Å². The summed E-state index contributed by atoms with van der Waals surface area (Å²) in [7, 11) is 0. The fraction of sp³-hybridized carbons (Fsp3) is 0.179. The molecule has 0 saturated heterocycles. The van der Waals surface area contributed by atoms with Crippen LogP contribution in [0, 0.1) is 0 Å². The molecule has 2 atom stereocenters. The number of carboxylic acids is 1. The molecule has 0 radical (unpaired) electrons. The first-order valence-corrected chi connectivity index (χ1v) is 13.7. The maximum Gasteiger partial charge on any atom is 0.328 e. The highest BCUT2D eigenvalue weighted by Gasteiger charge is 2.27. The number of carbonyl (C=O) groups is 3. The van der Waals surface area contributed by atoms with Crippen molar-refractivity contribution in [1.82, 2.24) is 25.9 Å². The lowest BCUT2D eigenvalue weighted by Crippen LogP contribution is -2.50. The number of fused-ring (bicyclic) bond motifs is 2. The normalized spacial score (nSPS) is 14.7. The number of rotatable bonds is 8. The number of aromatic nitrogens is 2. The number of nitrogens with one attached hydrogen (secondary N) is 4. The third-order valence-electron chi connectivity index (χ3n) is 6.65. The Morgan fingerprint density at radius 2 is 1.80 bits per heavy atom. The van der Waals surface area contributed by atoms with E-state index in [1.165, 1.54) is 12.1 Å². The van der Waals surface area contributed by atoms with Crippen molar-refractivity contribution >= 4 is 75.2 Å². The van der Waals surface area contributed by atoms with Crippen LogP contribution in [0.2, 0.25) is 15.1 Å². The van der Waals surface area contributed by atoms with E-state index in [2.05, 4.69) is 31.2 Å². The molecule has 0 aliphatic heterocycles. The summed E-state index contributed by atoms with van der Waals surface area (Å²) in [6, 6.07) is 13.8. The molecule has 1 aliphatic rings. The van der Waals surface area contributed by atoms with E-state index in [-0.39, 0.29) is 39.8 Å². The largest absolute Gasteiger partial charge is 0.480 e. The molecule has 0 fully saturated rings. The molecule has 5 rings (SSSR count). The molecule has 3 aromatic carbocycles. The monoisotopic (exact) mass is 612 g/mol. The molecule has 210 valence electrons. The fourth-order valence-electron chi connectivity index (χ4n) is 4.60. The smallest absolute Gasteiger partial charge is 0.328 e. The Morgan fingerprint density at radius 1 is 1.00 bits per heavy atom. The van der Waals surface area contributed by atoms with Gasteiger partial charge >= 0.3 is 12.0 Å². The molecule has 1 aromatic heterocycles. The first kappa shape index (κ1) is 28.4. The number of nitrogens with zero attached hydrogens (tertiary/aromatic N) is 2. The Balaban J connectivity index is 1.25. The van der Waals surface area contributed by atoms with Gasteiger partial charge in [0.15, 0.2) is 0 Å². The molecule has 0 saturated carbocycles. The number of urea groups is 1. The second-order valence-corrected chi connectivity index (χ2v) is 10.5. The quantitative estimate of drug-likeness (QED) is 0.176. The molecule has 41 heavy (non-hydrogen) atoms. The van der Waals surface area contributed by atoms with Gasteiger partial charge in [0.25, 0.3) is 5.91 Å². The van der Waals surface area contributed by atoms with Crippen LogP contribution in [0.3, 0.4) is 0 Å². The van der Waals surface area contributed by atoms with Crippen LogP contribution in [-0.2, 0) is 11.2 Å². The number of anilines is 2. The number of carboxylic acid groups (broad SMARTS) is 1. The molecule has 5 N–H and O–H groups in total. The van der Waals surface area contributed by atoms with Gasteiger partial charge in [0.1, 0.15) is 6.04 Å². The van der Waals surface area contributed by atoms with Crippen molar-refractivity contribution in [3.05, 3.63) is 92.6 Å². The predicted molar refractivity (Wildman–Crippen MR) is 157 cm³/mol. The van der Waals surface area contributed by atoms with Crippen molar-refractivity contribution in [3.63, 3.8) is 0 Å². The third-order valence-corrected chi connectivity index (χ3v) is 7.68. The Kier molecular flexibility index (Phi) is 8.44. The highest BCUT2D eigenvalue weighted by molar-refractivity contribution is 6.41. The lowest BCUT2D eigenvalue weighted by molar-refractivity contribution is -0.139. The van der Waals surface area contributed by atoms with E-state index < -0.39 is 23.9 Å². The van der Waals surface area contributed by atoms with E-state index in [1.54, 1.807) is 24.4 Å². The standard InChI is InChI=1S/C28H23Cl3N6O4/c29-17-6-3-7-19-16(17)12-32-27(35-19)36-21-11-9-18(30)23(24(21)31)25(38)34-22(26(39)40)13-33-28(41)37-20-10-8-14-4-1-2-5-15(14)20/h1-7,9,11-12,20,22H,8,10,13H2,(H,34,38)(H,39,40)(H,32,35,36)(H2,33,37,41)/t20-,22+/m1/s1. The molecule has 0 spiro atoms. The van der Waals surface area contributed by atoms with Gasteiger partial charge in [-0.2, -0.15) is 0 Å². The summed E-state index contributed by atoms with van der Waals surface area (Å²) >= 11 is 19.0. The number of benzene rings is 3. The minimum atomic E-state index is -1.46. The average molecular weight is 614 g/mol. The molecule has 0 unspecified atom stereocenters. The summed E-state index contributed by atoms with van der Waals surface area (Å²) in [4.78, 5) is 46.2. The summed E-state index contributed by atoms with van der Waals surface area (Å²) in [6.07, 6.45) is 3.13. The van der Waals surface area contributed by atoms with E-state index in [0.29, 0.717) is 15.9 Å². The third kappa shape index (κ3) is 6.30. The number of aryl methyl sites for hydroxylation is 1. The number of amides is 3. The van der Waals surface area contributed by atoms with Crippen molar-refractivity contribution in [2.45, 2.75) is 24.9 Å². The van der Waals surface area contributed by atoms with Crippen LogP contribution in [0.1, 0.15) is 33.9 Å². The highest BCUT2D eigenvalue weighted by atomic mass is 35.5. The van der Waals surface area contributed by atoms with Gasteiger partial charge in [-0.1, -0.05) is 65.1 Å². The maximum absolute atomic E-state index is 13.1. The number of halogens is 3. The molecule has 1 aliphatic carbocycles. The van der Waals surface area contributed by atoms with Crippen LogP contribution in [0.5, 0.6) is 0 Å². The summed E-state index contributed by atoms with van der Waals surface area (Å²) in [5, 5.41) is 21.5. The van der Waals surface area contributed by atoms with Crippen LogP contribution in [0.15, 0.2) is 60.8 Å². The van der Waals surface area contributed by atoms with Gasteiger partial charge in [-0.15, -0.1) is 0 Å². The first-order valence-electron chi connectivity index (χ1n) is 12.5. The van der Waals surface area contributed by atoms with Gasteiger partial charge in [-0.3, -0.25) is 4.79 Å². The second-order valence-electron chi connectivity index (χ2n) is 9.28. The highest BCUT2D eigenvalue weighted by Crippen LogP contribution is 2.34. The average Bonchev–Trinajstić information content (AvgIpc) is 3.35. The van der Waals surface area contributed by atoms with E-state index in [1.807, 2.05) is 24.3 Å². The Morgan fingerprint density at radius 3 is 2.61 bits per heavy atom. The Hall–Kier alpha value is -4.12. The molecule has 3 amide bonds. The number of aliphatic carboxylic acids is 1. The second kappa shape index (κ2) is 12.2. The lowest BCUT2D eigenvalue weighted by atomic mass is 10.1. The van der Waals surface area contributed by atoms with Crippen molar-refractivity contribution in [2.24, 2.45) is 0 Å². The zero-order valence-corrected chi connectivity index (χ0v) is 23.5. The van der Waals surface area contributed by atoms with Gasteiger partial charge in [-0.25, -0.2) is 19.6 Å². The van der Waals surface area contributed by atoms with Gasteiger partial charge < -0.3 is 26.4 Å². The van der Waals surface area contributed by atoms with Crippen LogP contribution >= 0.6 is 34.8 Å². The summed E-state index contributed by atoms with van der Waals surface area (Å²) in [5.74, 6) is -2.00. The van der Waals surface area contributed by atoms with Crippen LogP contribution in [0.25, 0.3) is 10.9 Å². The van der Waals surface area contributed by atoms with Crippen LogP contribution in [0.4, 0.5) is 16.4 Å². The Bertz CT molecular complexity index is 1670. The van der Waals surface area contributed by atoms with Gasteiger partial charge in [0, 0.05) is 11.6 Å². The van der Waals surface area contributed by atoms with Crippen molar-refractivity contribution in [2.75, 3.05) is 11.9 Å².